The summed E-state index contributed by atoms with van der Waals surface area (Å²) in [5, 5.41) is 44.2. The van der Waals surface area contributed by atoms with Crippen LogP contribution in [0.15, 0.2) is 127 Å². The molecule has 1 heterocycles. The Morgan fingerprint density at radius 2 is 1.68 bits per heavy atom. The van der Waals surface area contributed by atoms with E-state index in [1.54, 1.807) is 59.5 Å². The molecular formula is C53H59N3O10. The number of amides is 1. The van der Waals surface area contributed by atoms with E-state index in [-0.39, 0.29) is 82.9 Å². The molecule has 66 heavy (non-hydrogen) atoms. The minimum Gasteiger partial charge on any atom is -0.459 e. The lowest BCUT2D eigenvalue weighted by Gasteiger charge is -2.60. The number of aliphatic hydroxyl groups is 3. The van der Waals surface area contributed by atoms with E-state index in [0.717, 1.165) is 48.7 Å². The Morgan fingerprint density at radius 3 is 2.41 bits per heavy atom. The van der Waals surface area contributed by atoms with Gasteiger partial charge < -0.3 is 44.0 Å². The Balaban J connectivity index is 1.45. The first-order valence-electron chi connectivity index (χ1n) is 22.8. The molecule has 1 fully saturated rings. The number of aliphatic hydroxyl groups excluding tert-OH is 3. The van der Waals surface area contributed by atoms with Gasteiger partial charge in [0, 0.05) is 48.8 Å². The molecule has 0 radical (unpaired) electrons. The lowest BCUT2D eigenvalue weighted by Crippen LogP contribution is -2.70. The zero-order valence-corrected chi connectivity index (χ0v) is 37.2. The molecule has 1 amide bonds. The van der Waals surface area contributed by atoms with Crippen LogP contribution in [-0.2, 0) is 20.9 Å². The number of allylic oxidation sites excluding steroid dienone is 1. The molecule has 13 nitrogen and oxygen atoms in total. The maximum absolute atomic E-state index is 15.1. The van der Waals surface area contributed by atoms with Crippen LogP contribution in [0.3, 0.4) is 0 Å². The summed E-state index contributed by atoms with van der Waals surface area (Å²) in [6.45, 7) is 4.46. The van der Waals surface area contributed by atoms with E-state index in [0.29, 0.717) is 52.5 Å². The van der Waals surface area contributed by atoms with Gasteiger partial charge in [0.05, 0.1) is 49.7 Å². The highest BCUT2D eigenvalue weighted by Gasteiger charge is 2.65. The number of fused-ring (bicyclic) bond motifs is 2. The minimum absolute atomic E-state index is 0.00235. The Hall–Kier alpha value is -6.14. The van der Waals surface area contributed by atoms with Crippen molar-refractivity contribution in [1.82, 2.24) is 4.90 Å². The summed E-state index contributed by atoms with van der Waals surface area (Å²) in [5.41, 5.74) is 4.53. The highest BCUT2D eigenvalue weighted by Crippen LogP contribution is 2.62. The van der Waals surface area contributed by atoms with E-state index in [1.807, 2.05) is 48.5 Å². The highest BCUT2D eigenvalue weighted by molar-refractivity contribution is 6.03. The second-order valence-corrected chi connectivity index (χ2v) is 16.8. The molecule has 7 rings (SSSR count). The van der Waals surface area contributed by atoms with Gasteiger partial charge in [-0.05, 0) is 103 Å². The third kappa shape index (κ3) is 10.9. The van der Waals surface area contributed by atoms with Gasteiger partial charge in [0.1, 0.15) is 36.2 Å². The molecular weight excluding hydrogens is 839 g/mol. The number of hydrogen-bond donors (Lipinski definition) is 3. The molecule has 2 aliphatic carbocycles. The fourth-order valence-electron chi connectivity index (χ4n) is 9.84. The third-order valence-corrected chi connectivity index (χ3v) is 12.7. The quantitative estimate of drug-likeness (QED) is 0.0267. The van der Waals surface area contributed by atoms with Crippen LogP contribution in [0.2, 0.25) is 0 Å². The van der Waals surface area contributed by atoms with E-state index < -0.39 is 17.7 Å². The number of carbonyl (C=O) groups excluding carboxylic acids is 2. The van der Waals surface area contributed by atoms with Gasteiger partial charge in [0.15, 0.2) is 0 Å². The molecule has 4 aromatic rings. The topological polar surface area (TPSA) is 180 Å². The van der Waals surface area contributed by atoms with Crippen LogP contribution in [0.5, 0.6) is 17.2 Å². The lowest BCUT2D eigenvalue weighted by molar-refractivity contribution is -0.254. The minimum atomic E-state index is -1.54. The van der Waals surface area contributed by atoms with Crippen molar-refractivity contribution in [3.63, 3.8) is 0 Å². The van der Waals surface area contributed by atoms with Crippen LogP contribution >= 0.6 is 0 Å². The monoisotopic (exact) mass is 897 g/mol. The molecule has 346 valence electrons. The van der Waals surface area contributed by atoms with Crippen LogP contribution in [-0.4, -0.2) is 96.1 Å². The maximum atomic E-state index is 15.1. The molecule has 0 saturated heterocycles. The normalized spacial score (nSPS) is 22.2. The van der Waals surface area contributed by atoms with Gasteiger partial charge in [-0.2, -0.15) is 5.26 Å². The number of nitriles is 1. The fraction of sp³-hybridized carbons (Fsp3) is 0.396. The predicted octanol–water partition coefficient (Wildman–Crippen LogP) is 8.15. The van der Waals surface area contributed by atoms with E-state index in [1.165, 1.54) is 0 Å². The largest absolute Gasteiger partial charge is 0.459 e. The summed E-state index contributed by atoms with van der Waals surface area (Å²) in [6, 6.07) is 30.1. The van der Waals surface area contributed by atoms with Crippen molar-refractivity contribution >= 4 is 17.9 Å². The van der Waals surface area contributed by atoms with Crippen molar-refractivity contribution in [3.05, 3.63) is 149 Å². The number of aldehydes is 1. The van der Waals surface area contributed by atoms with E-state index >= 15 is 4.79 Å². The third-order valence-electron chi connectivity index (χ3n) is 12.7. The van der Waals surface area contributed by atoms with Crippen LogP contribution in [0, 0.1) is 29.1 Å². The smallest absolute Gasteiger partial charge is 0.254 e. The number of nitrogens with zero attached hydrogens (tertiary/aromatic N) is 3. The van der Waals surface area contributed by atoms with Gasteiger partial charge in [-0.25, -0.2) is 0 Å². The molecule has 3 aliphatic rings. The Morgan fingerprint density at radius 1 is 0.909 bits per heavy atom. The average Bonchev–Trinajstić information content (AvgIpc) is 3.35. The molecule has 1 aliphatic heterocycles. The van der Waals surface area contributed by atoms with Gasteiger partial charge in [-0.15, -0.1) is 6.58 Å². The lowest BCUT2D eigenvalue weighted by atomic mass is 9.55. The first kappa shape index (κ1) is 47.8. The van der Waals surface area contributed by atoms with Crippen molar-refractivity contribution in [2.24, 2.45) is 22.9 Å². The van der Waals surface area contributed by atoms with Crippen LogP contribution in [0.4, 0.5) is 0 Å². The summed E-state index contributed by atoms with van der Waals surface area (Å²) in [6.07, 6.45) is 9.15. The van der Waals surface area contributed by atoms with Gasteiger partial charge in [-0.3, -0.25) is 9.59 Å². The van der Waals surface area contributed by atoms with Gasteiger partial charge in [-0.1, -0.05) is 72.6 Å². The Kier molecular flexibility index (Phi) is 16.9. The molecule has 1 saturated carbocycles. The highest BCUT2D eigenvalue weighted by atomic mass is 16.7. The summed E-state index contributed by atoms with van der Waals surface area (Å²) >= 11 is 0. The summed E-state index contributed by atoms with van der Waals surface area (Å²) < 4.78 is 26.8. The van der Waals surface area contributed by atoms with E-state index in [9.17, 15) is 25.4 Å². The molecule has 6 atom stereocenters. The number of benzene rings is 4. The SMILES string of the molecule is C=CCOC12Oc3ccc(Oc4cccc(C=O)c4)cc3C3C(CCCCO)C(CCCCO)C=C(C(=NOCc4ccccc4)CC1N(CCOCCO)C(=O)c1ccc(C#N)cc1)C32. The molecule has 4 aromatic carbocycles. The van der Waals surface area contributed by atoms with E-state index in [2.05, 4.69) is 18.7 Å². The molecule has 0 bridgehead atoms. The van der Waals surface area contributed by atoms with Gasteiger partial charge in [0.2, 0.25) is 5.79 Å². The summed E-state index contributed by atoms with van der Waals surface area (Å²) in [4.78, 5) is 34.8. The van der Waals surface area contributed by atoms with Gasteiger partial charge in [0.25, 0.3) is 5.91 Å². The van der Waals surface area contributed by atoms with Crippen molar-refractivity contribution in [2.75, 3.05) is 46.2 Å². The molecule has 0 aromatic heterocycles. The number of ether oxygens (including phenoxy) is 4. The molecule has 0 spiro atoms. The number of carbonyl (C=O) groups is 2. The van der Waals surface area contributed by atoms with Crippen molar-refractivity contribution in [1.29, 1.82) is 5.26 Å². The van der Waals surface area contributed by atoms with Crippen molar-refractivity contribution in [2.45, 2.75) is 69.3 Å². The number of unbranched alkanes of at least 4 members (excludes halogenated alkanes) is 2. The van der Waals surface area contributed by atoms with Gasteiger partial charge >= 0.3 is 0 Å². The predicted molar refractivity (Wildman–Crippen MR) is 248 cm³/mol. The molecule has 6 unspecified atom stereocenters. The first-order valence-corrected chi connectivity index (χ1v) is 22.8. The number of hydrogen-bond acceptors (Lipinski definition) is 12. The molecule has 3 N–H and O–H groups in total. The standard InChI is InChI=1S/C53H59N3O10/c1-2-27-63-53-49(56(23-28-62-29-26-59)52(61)40-19-17-37(34-54)18-20-40)33-47(55-64-36-38-11-4-3-5-12-38)45-31-41(14-6-8-24-57)44(16-7-9-25-58)50(51(45)53)46-32-43(21-22-48(46)66-53)65-42-15-10-13-39(30-42)35-60/h2-5,10-13,15,17-22,30-32,35,41,44,49-51,57-59H,1,6-9,14,16,23-29,33,36H2. The zero-order chi connectivity index (χ0) is 46.3. The van der Waals surface area contributed by atoms with Crippen LogP contribution < -0.4 is 9.47 Å². The Labute approximate surface area is 386 Å². The first-order chi connectivity index (χ1) is 32.4. The van der Waals surface area contributed by atoms with E-state index in [4.69, 9.17) is 28.9 Å². The zero-order valence-electron chi connectivity index (χ0n) is 37.2. The summed E-state index contributed by atoms with van der Waals surface area (Å²) in [5.74, 6) is -1.25. The summed E-state index contributed by atoms with van der Waals surface area (Å²) in [7, 11) is 0. The van der Waals surface area contributed by atoms with Crippen molar-refractivity contribution in [3.8, 4) is 23.3 Å². The fourth-order valence-corrected chi connectivity index (χ4v) is 9.84. The van der Waals surface area contributed by atoms with Crippen LogP contribution in [0.1, 0.15) is 88.3 Å². The molecule has 13 heteroatoms. The number of rotatable bonds is 24. The second kappa shape index (κ2) is 23.4. The number of oxime groups is 1. The Bertz CT molecular complexity index is 2360. The average molecular weight is 898 g/mol. The maximum Gasteiger partial charge on any atom is 0.254 e. The van der Waals surface area contributed by atoms with Crippen molar-refractivity contribution < 1.29 is 48.7 Å². The van der Waals surface area contributed by atoms with Crippen LogP contribution in [0.25, 0.3) is 0 Å². The second-order valence-electron chi connectivity index (χ2n) is 16.8.